The van der Waals surface area contributed by atoms with Gasteiger partial charge in [0.1, 0.15) is 36.2 Å². The second-order valence-electron chi connectivity index (χ2n) is 6.13. The minimum absolute atomic E-state index is 0.0991. The minimum Gasteiger partial charge on any atom is -0.431 e. The van der Waals surface area contributed by atoms with Crippen LogP contribution in [-0.4, -0.2) is 55.6 Å². The van der Waals surface area contributed by atoms with Crippen LogP contribution < -0.4 is 5.73 Å². The van der Waals surface area contributed by atoms with Crippen LogP contribution in [0.4, 0.5) is 10.6 Å². The largest absolute Gasteiger partial charge is 0.510 e. The monoisotopic (exact) mass is 377 g/mol. The lowest BCUT2D eigenvalue weighted by Gasteiger charge is -2.23. The summed E-state index contributed by atoms with van der Waals surface area (Å²) < 4.78 is 16.7. The maximum atomic E-state index is 11.8. The summed E-state index contributed by atoms with van der Waals surface area (Å²) in [5.74, 6) is 0.155. The van der Waals surface area contributed by atoms with E-state index in [4.69, 9.17) is 19.9 Å². The van der Waals surface area contributed by atoms with Gasteiger partial charge in [-0.05, 0) is 25.5 Å². The van der Waals surface area contributed by atoms with Crippen LogP contribution in [0.5, 0.6) is 0 Å². The molecule has 1 aliphatic heterocycles. The fourth-order valence-electron chi connectivity index (χ4n) is 2.77. The van der Waals surface area contributed by atoms with Gasteiger partial charge in [-0.1, -0.05) is 6.92 Å². The lowest BCUT2D eigenvalue weighted by atomic mass is 9.93. The molecule has 3 rings (SSSR count). The zero-order chi connectivity index (χ0) is 19.8. The van der Waals surface area contributed by atoms with Crippen LogP contribution in [0.2, 0.25) is 0 Å². The zero-order valence-corrected chi connectivity index (χ0v) is 14.6. The number of nitrogens with zero attached hydrogens (tertiary/aromatic N) is 4. The number of aliphatic hydroxyl groups excluding tert-OH is 2. The smallest absolute Gasteiger partial charge is 0.431 e. The summed E-state index contributed by atoms with van der Waals surface area (Å²) in [6.07, 6.45) is -4.77. The van der Waals surface area contributed by atoms with Crippen LogP contribution in [0.3, 0.4) is 0 Å². The molecule has 0 aromatic carbocycles. The van der Waals surface area contributed by atoms with Gasteiger partial charge >= 0.3 is 6.16 Å². The molecule has 27 heavy (non-hydrogen) atoms. The van der Waals surface area contributed by atoms with Crippen molar-refractivity contribution in [2.75, 3.05) is 5.73 Å². The van der Waals surface area contributed by atoms with Gasteiger partial charge < -0.3 is 30.2 Å². The standard InChI is InChI=1S/C16H19N5O6/c1-3-8(2)25-15(24)26-14-11(22)12(23)16(6-17,27-14)10-5-4-9-13(18)19-7-20-21(9)10/h4-5,7-8,11-12,14,22-23H,3H2,1-2H3,(H2,18,19,20)/t8?,11-,12+,14-,16-/m0/s1. The number of carbonyl (C=O) groups excluding carboxylic acids is 1. The molecule has 0 saturated carbocycles. The number of nitrogen functional groups attached to an aromatic ring is 1. The summed E-state index contributed by atoms with van der Waals surface area (Å²) in [5, 5.41) is 34.5. The highest BCUT2D eigenvalue weighted by atomic mass is 16.8. The molecule has 0 spiro atoms. The topological polar surface area (TPSA) is 165 Å². The maximum absolute atomic E-state index is 11.8. The molecule has 2 aromatic heterocycles. The average Bonchev–Trinajstić information content (AvgIpc) is 3.18. The lowest BCUT2D eigenvalue weighted by Crippen LogP contribution is -2.41. The Morgan fingerprint density at radius 3 is 2.96 bits per heavy atom. The van der Waals surface area contributed by atoms with E-state index in [-0.39, 0.29) is 11.5 Å². The van der Waals surface area contributed by atoms with E-state index >= 15 is 0 Å². The van der Waals surface area contributed by atoms with Gasteiger partial charge in [-0.2, -0.15) is 10.4 Å². The Labute approximate surface area is 153 Å². The molecule has 1 unspecified atom stereocenters. The molecule has 0 radical (unpaired) electrons. The molecule has 1 fully saturated rings. The number of anilines is 1. The van der Waals surface area contributed by atoms with E-state index in [0.717, 1.165) is 0 Å². The van der Waals surface area contributed by atoms with E-state index in [1.807, 2.05) is 13.0 Å². The molecule has 11 heteroatoms. The number of fused-ring (bicyclic) bond motifs is 1. The van der Waals surface area contributed by atoms with Crippen molar-refractivity contribution in [3.8, 4) is 6.07 Å². The number of ether oxygens (including phenoxy) is 3. The van der Waals surface area contributed by atoms with Crippen LogP contribution in [-0.2, 0) is 19.8 Å². The Morgan fingerprint density at radius 2 is 2.30 bits per heavy atom. The number of aromatic nitrogens is 3. The number of carbonyl (C=O) groups is 1. The molecule has 3 heterocycles. The Hall–Kier alpha value is -2.94. The van der Waals surface area contributed by atoms with Gasteiger partial charge in [0.05, 0.1) is 5.69 Å². The first-order chi connectivity index (χ1) is 12.8. The summed E-state index contributed by atoms with van der Waals surface area (Å²) in [5.41, 5.74) is 4.21. The molecule has 1 aliphatic rings. The predicted molar refractivity (Wildman–Crippen MR) is 88.9 cm³/mol. The fraction of sp³-hybridized carbons (Fsp3) is 0.500. The number of hydrogen-bond acceptors (Lipinski definition) is 10. The zero-order valence-electron chi connectivity index (χ0n) is 14.6. The summed E-state index contributed by atoms with van der Waals surface area (Å²) in [7, 11) is 0. The van der Waals surface area contributed by atoms with Gasteiger partial charge in [0.15, 0.2) is 5.82 Å². The van der Waals surface area contributed by atoms with Gasteiger partial charge in [0.2, 0.25) is 11.9 Å². The van der Waals surface area contributed by atoms with Gasteiger partial charge in [-0.3, -0.25) is 0 Å². The second kappa shape index (κ2) is 6.99. The Kier molecular flexibility index (Phi) is 4.88. The third-order valence-corrected chi connectivity index (χ3v) is 4.43. The first-order valence-corrected chi connectivity index (χ1v) is 8.25. The van der Waals surface area contributed by atoms with Crippen molar-refractivity contribution in [2.24, 2.45) is 0 Å². The lowest BCUT2D eigenvalue weighted by molar-refractivity contribution is -0.164. The normalized spacial score (nSPS) is 28.6. The SMILES string of the molecule is CCC(C)OC(=O)O[C@H]1O[C@@](C#N)(c2ccc3c(N)ncnn23)[C@H](O)[C@@H]1O. The summed E-state index contributed by atoms with van der Waals surface area (Å²) in [6.45, 7) is 3.48. The van der Waals surface area contributed by atoms with Crippen molar-refractivity contribution in [1.29, 1.82) is 5.26 Å². The molecule has 0 aliphatic carbocycles. The Morgan fingerprint density at radius 1 is 1.56 bits per heavy atom. The van der Waals surface area contributed by atoms with Crippen molar-refractivity contribution in [2.45, 2.75) is 50.5 Å². The van der Waals surface area contributed by atoms with Crippen molar-refractivity contribution in [1.82, 2.24) is 14.6 Å². The van der Waals surface area contributed by atoms with E-state index in [9.17, 15) is 20.3 Å². The van der Waals surface area contributed by atoms with Crippen LogP contribution in [0.15, 0.2) is 18.5 Å². The highest BCUT2D eigenvalue weighted by Gasteiger charge is 2.59. The van der Waals surface area contributed by atoms with Crippen LogP contribution in [0.25, 0.3) is 5.52 Å². The highest BCUT2D eigenvalue weighted by molar-refractivity contribution is 5.66. The number of rotatable bonds is 4. The number of aliphatic hydroxyl groups is 2. The van der Waals surface area contributed by atoms with E-state index in [0.29, 0.717) is 11.9 Å². The van der Waals surface area contributed by atoms with E-state index in [1.165, 1.54) is 23.0 Å². The second-order valence-corrected chi connectivity index (χ2v) is 6.13. The summed E-state index contributed by atoms with van der Waals surface area (Å²) in [6, 6.07) is 4.84. The quantitative estimate of drug-likeness (QED) is 0.620. The third kappa shape index (κ3) is 3.03. The number of nitrogens with two attached hydrogens (primary N) is 1. The van der Waals surface area contributed by atoms with E-state index < -0.39 is 36.4 Å². The average molecular weight is 377 g/mol. The Bertz CT molecular complexity index is 895. The van der Waals surface area contributed by atoms with E-state index in [2.05, 4.69) is 10.1 Å². The van der Waals surface area contributed by atoms with Crippen LogP contribution in [0, 0.1) is 11.3 Å². The maximum Gasteiger partial charge on any atom is 0.510 e. The van der Waals surface area contributed by atoms with Gasteiger partial charge in [-0.15, -0.1) is 0 Å². The summed E-state index contributed by atoms with van der Waals surface area (Å²) >= 11 is 0. The minimum atomic E-state index is -2.05. The predicted octanol–water partition coefficient (Wildman–Crippen LogP) is 0.0602. The van der Waals surface area contributed by atoms with E-state index in [1.54, 1.807) is 6.92 Å². The molecule has 4 N–H and O–H groups in total. The van der Waals surface area contributed by atoms with Crippen molar-refractivity contribution < 1.29 is 29.2 Å². The molecule has 11 nitrogen and oxygen atoms in total. The van der Waals surface area contributed by atoms with Crippen molar-refractivity contribution in [3.05, 3.63) is 24.2 Å². The van der Waals surface area contributed by atoms with Crippen LogP contribution >= 0.6 is 0 Å². The summed E-state index contributed by atoms with van der Waals surface area (Å²) in [4.78, 5) is 15.7. The van der Waals surface area contributed by atoms with Gasteiger partial charge in [-0.25, -0.2) is 14.3 Å². The van der Waals surface area contributed by atoms with Gasteiger partial charge in [0, 0.05) is 0 Å². The van der Waals surface area contributed by atoms with Gasteiger partial charge in [0.25, 0.3) is 0 Å². The fourth-order valence-corrected chi connectivity index (χ4v) is 2.77. The molecule has 0 bridgehead atoms. The molecule has 0 amide bonds. The number of hydrogen-bond donors (Lipinski definition) is 3. The third-order valence-electron chi connectivity index (χ3n) is 4.43. The molecule has 2 aromatic rings. The first-order valence-electron chi connectivity index (χ1n) is 8.25. The number of nitriles is 1. The molecular weight excluding hydrogens is 358 g/mol. The van der Waals surface area contributed by atoms with Crippen molar-refractivity contribution >= 4 is 17.5 Å². The molecule has 1 saturated heterocycles. The van der Waals surface area contributed by atoms with Crippen molar-refractivity contribution in [3.63, 3.8) is 0 Å². The molecule has 5 atom stereocenters. The Balaban J connectivity index is 1.92. The molecular formula is C16H19N5O6. The van der Waals surface area contributed by atoms with Crippen LogP contribution in [0.1, 0.15) is 26.0 Å². The highest BCUT2D eigenvalue weighted by Crippen LogP contribution is 2.40. The molecule has 144 valence electrons. The first kappa shape index (κ1) is 18.8.